The van der Waals surface area contributed by atoms with Crippen molar-refractivity contribution in [3.05, 3.63) is 29.3 Å². The molecule has 0 spiro atoms. The van der Waals surface area contributed by atoms with Crippen LogP contribution in [-0.2, 0) is 15.1 Å². The number of alkyl halides is 3. The number of hydrogen-bond acceptors (Lipinski definition) is 2. The topological polar surface area (TPSA) is 29.5 Å². The summed E-state index contributed by atoms with van der Waals surface area (Å²) in [7, 11) is 0. The monoisotopic (exact) mass is 333 g/mol. The Kier molecular flexibility index (Phi) is 4.11. The Morgan fingerprint density at radius 1 is 1.35 bits per heavy atom. The number of anilines is 1. The summed E-state index contributed by atoms with van der Waals surface area (Å²) in [6, 6.07) is 3.32. The van der Waals surface area contributed by atoms with Gasteiger partial charge in [0.2, 0.25) is 0 Å². The molecule has 1 heterocycles. The lowest BCUT2D eigenvalue weighted by Gasteiger charge is -2.38. The molecule has 1 unspecified atom stereocenters. The summed E-state index contributed by atoms with van der Waals surface area (Å²) in [6.45, 7) is 1.26. The van der Waals surface area contributed by atoms with E-state index in [4.69, 9.17) is 11.2 Å². The average molecular weight is 333 g/mol. The summed E-state index contributed by atoms with van der Waals surface area (Å²) in [4.78, 5) is 12.4. The van der Waals surface area contributed by atoms with Gasteiger partial charge < -0.3 is 4.74 Å². The molecule has 23 heavy (non-hydrogen) atoms. The van der Waals surface area contributed by atoms with Gasteiger partial charge in [-0.05, 0) is 18.1 Å². The van der Waals surface area contributed by atoms with Crippen molar-refractivity contribution in [1.29, 1.82) is 0 Å². The molecule has 2 rings (SSSR count). The van der Waals surface area contributed by atoms with E-state index in [1.165, 1.54) is 0 Å². The number of nitrogens with zero attached hydrogens (tertiary/aromatic N) is 1. The molecule has 1 aromatic rings. The summed E-state index contributed by atoms with van der Waals surface area (Å²) < 4.78 is 74.1. The molecular formula is C15H12F5NO2. The summed E-state index contributed by atoms with van der Waals surface area (Å²) in [5.41, 5.74) is -4.88. The number of amides is 1. The van der Waals surface area contributed by atoms with Gasteiger partial charge in [-0.25, -0.2) is 13.7 Å². The Morgan fingerprint density at radius 3 is 2.43 bits per heavy atom. The highest BCUT2D eigenvalue weighted by molar-refractivity contribution is 5.98. The van der Waals surface area contributed by atoms with Crippen LogP contribution in [0.3, 0.4) is 0 Å². The smallest absolute Gasteiger partial charge is 0.350 e. The van der Waals surface area contributed by atoms with Crippen LogP contribution in [0, 0.1) is 30.0 Å². The van der Waals surface area contributed by atoms with E-state index >= 15 is 0 Å². The van der Waals surface area contributed by atoms with Crippen LogP contribution in [-0.4, -0.2) is 18.7 Å². The molecule has 1 aromatic carbocycles. The lowest BCUT2D eigenvalue weighted by Crippen LogP contribution is -2.50. The van der Waals surface area contributed by atoms with Crippen molar-refractivity contribution in [1.82, 2.24) is 0 Å². The molecule has 0 fully saturated rings. The van der Waals surface area contributed by atoms with Gasteiger partial charge in [0.05, 0.1) is 11.3 Å². The Labute approximate surface area is 129 Å². The van der Waals surface area contributed by atoms with Crippen molar-refractivity contribution in [3.63, 3.8) is 0 Å². The fourth-order valence-electron chi connectivity index (χ4n) is 2.67. The molecule has 1 aliphatic rings. The van der Waals surface area contributed by atoms with E-state index in [1.54, 1.807) is 0 Å². The Bertz CT molecular complexity index is 692. The SMILES string of the molecule is C#CN1C(=O)COC(C(C)C)(C(F)(F)F)c2c1ccc(F)c2F. The number of fused-ring (bicyclic) bond motifs is 1. The highest BCUT2D eigenvalue weighted by atomic mass is 19.4. The van der Waals surface area contributed by atoms with Gasteiger partial charge in [0.1, 0.15) is 6.61 Å². The molecule has 124 valence electrons. The first-order chi connectivity index (χ1) is 10.6. The van der Waals surface area contributed by atoms with Crippen LogP contribution in [0.15, 0.2) is 12.1 Å². The Morgan fingerprint density at radius 2 is 1.96 bits per heavy atom. The molecule has 0 saturated carbocycles. The summed E-state index contributed by atoms with van der Waals surface area (Å²) >= 11 is 0. The maximum atomic E-state index is 14.3. The average Bonchev–Trinajstić information content (AvgIpc) is 2.57. The molecule has 0 bridgehead atoms. The van der Waals surface area contributed by atoms with Crippen molar-refractivity contribution in [2.75, 3.05) is 11.5 Å². The number of terminal acetylenes is 1. The number of halogens is 5. The zero-order valence-electron chi connectivity index (χ0n) is 12.2. The minimum absolute atomic E-state index is 0.494. The zero-order chi connectivity index (χ0) is 17.6. The number of rotatable bonds is 1. The predicted molar refractivity (Wildman–Crippen MR) is 71.2 cm³/mol. The Balaban J connectivity index is 2.96. The van der Waals surface area contributed by atoms with E-state index in [1.807, 2.05) is 6.04 Å². The van der Waals surface area contributed by atoms with Gasteiger partial charge in [-0.15, -0.1) is 0 Å². The van der Waals surface area contributed by atoms with Gasteiger partial charge in [-0.3, -0.25) is 4.79 Å². The first-order valence-corrected chi connectivity index (χ1v) is 6.56. The number of benzene rings is 1. The van der Waals surface area contributed by atoms with Crippen LogP contribution >= 0.6 is 0 Å². The molecule has 1 aliphatic heterocycles. The van der Waals surface area contributed by atoms with Gasteiger partial charge in [-0.1, -0.05) is 20.3 Å². The third kappa shape index (κ3) is 2.36. The fraction of sp³-hybridized carbons (Fsp3) is 0.400. The molecule has 1 atom stereocenters. The third-order valence-corrected chi connectivity index (χ3v) is 3.72. The van der Waals surface area contributed by atoms with Gasteiger partial charge in [0, 0.05) is 6.04 Å². The Hall–Kier alpha value is -2.14. The fourth-order valence-corrected chi connectivity index (χ4v) is 2.67. The van der Waals surface area contributed by atoms with E-state index in [0.717, 1.165) is 19.9 Å². The maximum Gasteiger partial charge on any atom is 0.422 e. The van der Waals surface area contributed by atoms with E-state index < -0.39 is 53.1 Å². The number of ether oxygens (including phenoxy) is 1. The first-order valence-electron chi connectivity index (χ1n) is 6.56. The van der Waals surface area contributed by atoms with Crippen molar-refractivity contribution in [2.24, 2.45) is 5.92 Å². The second kappa shape index (κ2) is 5.49. The lowest BCUT2D eigenvalue weighted by molar-refractivity contribution is -0.299. The van der Waals surface area contributed by atoms with E-state index in [2.05, 4.69) is 0 Å². The van der Waals surface area contributed by atoms with Crippen LogP contribution < -0.4 is 4.90 Å². The van der Waals surface area contributed by atoms with E-state index in [0.29, 0.717) is 11.0 Å². The summed E-state index contributed by atoms with van der Waals surface area (Å²) in [5.74, 6) is -5.56. The van der Waals surface area contributed by atoms with Crippen LogP contribution in [0.2, 0.25) is 0 Å². The molecule has 3 nitrogen and oxygen atoms in total. The predicted octanol–water partition coefficient (Wildman–Crippen LogP) is 3.33. The van der Waals surface area contributed by atoms with Crippen LogP contribution in [0.25, 0.3) is 0 Å². The summed E-state index contributed by atoms with van der Waals surface area (Å²) in [6.07, 6.45) is 0.0402. The molecule has 0 aromatic heterocycles. The molecule has 0 radical (unpaired) electrons. The van der Waals surface area contributed by atoms with Crippen LogP contribution in [0.4, 0.5) is 27.6 Å². The molecule has 1 amide bonds. The number of carbonyl (C=O) groups excluding carboxylic acids is 1. The zero-order valence-corrected chi connectivity index (χ0v) is 12.2. The van der Waals surface area contributed by atoms with Gasteiger partial charge in [0.15, 0.2) is 17.2 Å². The molecule has 0 aliphatic carbocycles. The van der Waals surface area contributed by atoms with E-state index in [9.17, 15) is 26.7 Å². The molecule has 0 saturated heterocycles. The molecule has 8 heteroatoms. The third-order valence-electron chi connectivity index (χ3n) is 3.72. The lowest BCUT2D eigenvalue weighted by atomic mass is 9.81. The van der Waals surface area contributed by atoms with Crippen LogP contribution in [0.5, 0.6) is 0 Å². The van der Waals surface area contributed by atoms with Crippen LogP contribution in [0.1, 0.15) is 19.4 Å². The van der Waals surface area contributed by atoms with Crippen molar-refractivity contribution in [3.8, 4) is 12.5 Å². The van der Waals surface area contributed by atoms with Crippen molar-refractivity contribution >= 4 is 11.6 Å². The standard InChI is InChI=1S/C15H12F5NO2/c1-4-21-10-6-5-9(16)13(17)12(10)14(8(2)3,15(18,19)20)23-7-11(21)22/h1,5-6,8H,7H2,2-3H3. The largest absolute Gasteiger partial charge is 0.422 e. The maximum absolute atomic E-state index is 14.3. The normalized spacial score (nSPS) is 21.9. The van der Waals surface area contributed by atoms with Gasteiger partial charge in [0.25, 0.3) is 5.91 Å². The minimum Gasteiger partial charge on any atom is -0.350 e. The molecule has 0 N–H and O–H groups in total. The summed E-state index contributed by atoms with van der Waals surface area (Å²) in [5, 5.41) is 0. The molecular weight excluding hydrogens is 321 g/mol. The highest BCUT2D eigenvalue weighted by Crippen LogP contribution is 2.52. The quantitative estimate of drug-likeness (QED) is 0.583. The van der Waals surface area contributed by atoms with Crippen molar-refractivity contribution in [2.45, 2.75) is 25.6 Å². The number of carbonyl (C=O) groups is 1. The van der Waals surface area contributed by atoms with Gasteiger partial charge in [-0.2, -0.15) is 13.2 Å². The second-order valence-corrected chi connectivity index (χ2v) is 5.29. The first kappa shape index (κ1) is 17.2. The van der Waals surface area contributed by atoms with Crippen molar-refractivity contribution < 1.29 is 31.5 Å². The van der Waals surface area contributed by atoms with Gasteiger partial charge >= 0.3 is 6.18 Å². The number of hydrogen-bond donors (Lipinski definition) is 0. The minimum atomic E-state index is -5.10. The highest BCUT2D eigenvalue weighted by Gasteiger charge is 2.63. The van der Waals surface area contributed by atoms with E-state index in [-0.39, 0.29) is 0 Å². The second-order valence-electron chi connectivity index (χ2n) is 5.29.